The van der Waals surface area contributed by atoms with Gasteiger partial charge in [0, 0.05) is 32.4 Å². The lowest BCUT2D eigenvalue weighted by atomic mass is 10.2. The summed E-state index contributed by atoms with van der Waals surface area (Å²) in [5, 5.41) is 12.7. The van der Waals surface area contributed by atoms with E-state index in [9.17, 15) is 4.79 Å². The van der Waals surface area contributed by atoms with Crippen molar-refractivity contribution in [1.29, 1.82) is 0 Å². The first-order chi connectivity index (χ1) is 9.21. The fourth-order valence-corrected chi connectivity index (χ4v) is 1.68. The number of aliphatic hydroxyl groups is 1. The van der Waals surface area contributed by atoms with Gasteiger partial charge >= 0.3 is 0 Å². The summed E-state index contributed by atoms with van der Waals surface area (Å²) in [7, 11) is 0. The molecule has 0 bridgehead atoms. The van der Waals surface area contributed by atoms with E-state index in [1.165, 1.54) is 0 Å². The highest BCUT2D eigenvalue weighted by Gasteiger charge is 2.13. The van der Waals surface area contributed by atoms with Crippen LogP contribution in [0.3, 0.4) is 0 Å². The van der Waals surface area contributed by atoms with Crippen LogP contribution in [0.4, 0.5) is 0 Å². The fraction of sp³-hybridized carbons (Fsp3) is 0.615. The number of carbonyl (C=O) groups excluding carboxylic acids is 1. The Morgan fingerprint density at radius 3 is 2.95 bits per heavy atom. The van der Waals surface area contributed by atoms with Gasteiger partial charge in [-0.05, 0) is 6.42 Å². The number of carbonyl (C=O) groups is 1. The lowest BCUT2D eigenvalue weighted by Gasteiger charge is -2.19. The summed E-state index contributed by atoms with van der Waals surface area (Å²) in [5.41, 5.74) is 0. The largest absolute Gasteiger partial charge is 0.395 e. The molecule has 6 heteroatoms. The van der Waals surface area contributed by atoms with Crippen molar-refractivity contribution in [2.45, 2.75) is 32.6 Å². The van der Waals surface area contributed by atoms with Crippen molar-refractivity contribution < 1.29 is 14.4 Å². The van der Waals surface area contributed by atoms with Crippen LogP contribution < -0.4 is 0 Å². The molecular formula is C13H21N3O3. The van der Waals surface area contributed by atoms with Gasteiger partial charge in [0.25, 0.3) is 0 Å². The fourth-order valence-electron chi connectivity index (χ4n) is 1.68. The van der Waals surface area contributed by atoms with Gasteiger partial charge in [-0.15, -0.1) is 6.58 Å². The molecule has 0 aliphatic carbocycles. The van der Waals surface area contributed by atoms with Gasteiger partial charge in [0.15, 0.2) is 5.82 Å². The Hall–Kier alpha value is -1.69. The number of aromatic nitrogens is 2. The van der Waals surface area contributed by atoms with Crippen molar-refractivity contribution in [3.8, 4) is 0 Å². The lowest BCUT2D eigenvalue weighted by Crippen LogP contribution is -2.33. The summed E-state index contributed by atoms with van der Waals surface area (Å²) in [4.78, 5) is 17.7. The maximum Gasteiger partial charge on any atom is 0.227 e. The van der Waals surface area contributed by atoms with Crippen LogP contribution in [0.5, 0.6) is 0 Å². The third-order valence-corrected chi connectivity index (χ3v) is 2.61. The molecule has 0 aliphatic rings. The summed E-state index contributed by atoms with van der Waals surface area (Å²) in [6.07, 6.45) is 4.10. The zero-order valence-corrected chi connectivity index (χ0v) is 11.3. The van der Waals surface area contributed by atoms with E-state index in [1.54, 1.807) is 11.0 Å². The Kier molecular flexibility index (Phi) is 6.81. The molecule has 0 unspecified atom stereocenters. The monoisotopic (exact) mass is 267 g/mol. The maximum atomic E-state index is 11.9. The van der Waals surface area contributed by atoms with Gasteiger partial charge in [-0.3, -0.25) is 4.79 Å². The van der Waals surface area contributed by atoms with Gasteiger partial charge in [-0.25, -0.2) is 0 Å². The molecule has 1 aromatic heterocycles. The molecule has 6 nitrogen and oxygen atoms in total. The second-order valence-electron chi connectivity index (χ2n) is 4.21. The first-order valence-electron chi connectivity index (χ1n) is 6.52. The number of aryl methyl sites for hydroxylation is 2. The van der Waals surface area contributed by atoms with Gasteiger partial charge in [-0.2, -0.15) is 4.98 Å². The third kappa shape index (κ3) is 5.21. The topological polar surface area (TPSA) is 79.5 Å². The summed E-state index contributed by atoms with van der Waals surface area (Å²) in [6.45, 7) is 6.33. The summed E-state index contributed by atoms with van der Waals surface area (Å²) >= 11 is 0. The molecule has 1 amide bonds. The van der Waals surface area contributed by atoms with Crippen molar-refractivity contribution in [2.24, 2.45) is 0 Å². The van der Waals surface area contributed by atoms with Crippen molar-refractivity contribution >= 4 is 5.91 Å². The number of hydrogen-bond acceptors (Lipinski definition) is 5. The second-order valence-corrected chi connectivity index (χ2v) is 4.21. The van der Waals surface area contributed by atoms with Crippen LogP contribution in [0.1, 0.15) is 31.5 Å². The van der Waals surface area contributed by atoms with E-state index in [-0.39, 0.29) is 12.5 Å². The molecule has 0 aromatic carbocycles. The van der Waals surface area contributed by atoms with Crippen LogP contribution >= 0.6 is 0 Å². The minimum atomic E-state index is -0.0548. The van der Waals surface area contributed by atoms with Crippen LogP contribution in [0.25, 0.3) is 0 Å². The highest BCUT2D eigenvalue weighted by Crippen LogP contribution is 2.05. The Morgan fingerprint density at radius 2 is 2.32 bits per heavy atom. The first-order valence-corrected chi connectivity index (χ1v) is 6.52. The maximum absolute atomic E-state index is 11.9. The quantitative estimate of drug-likeness (QED) is 0.674. The van der Waals surface area contributed by atoms with E-state index in [1.807, 2.05) is 6.92 Å². The summed E-state index contributed by atoms with van der Waals surface area (Å²) in [6, 6.07) is 0. The standard InChI is InChI=1S/C13H21N3O3/c1-3-5-11-14-12(19-15-11)6-7-13(18)16(8-4-2)9-10-17/h4,17H,2-3,5-10H2,1H3. The summed E-state index contributed by atoms with van der Waals surface area (Å²) < 4.78 is 5.07. The number of rotatable bonds is 9. The number of nitrogens with zero attached hydrogens (tertiary/aromatic N) is 3. The molecule has 1 N–H and O–H groups in total. The van der Waals surface area contributed by atoms with Crippen LogP contribution in [-0.4, -0.2) is 45.8 Å². The molecule has 0 fully saturated rings. The first kappa shape index (κ1) is 15.4. The van der Waals surface area contributed by atoms with Gasteiger partial charge in [0.05, 0.1) is 6.61 Å². The highest BCUT2D eigenvalue weighted by molar-refractivity contribution is 5.76. The van der Waals surface area contributed by atoms with E-state index in [0.717, 1.165) is 12.8 Å². The molecule has 0 spiro atoms. The van der Waals surface area contributed by atoms with Crippen LogP contribution in [-0.2, 0) is 17.6 Å². The Bertz CT molecular complexity index is 404. The molecule has 1 rings (SSSR count). The number of amides is 1. The average Bonchev–Trinajstić information content (AvgIpc) is 2.84. The van der Waals surface area contributed by atoms with E-state index in [4.69, 9.17) is 9.63 Å². The van der Waals surface area contributed by atoms with E-state index >= 15 is 0 Å². The molecule has 0 atom stereocenters. The average molecular weight is 267 g/mol. The SMILES string of the molecule is C=CCN(CCO)C(=O)CCc1nc(CCC)no1. The van der Waals surface area contributed by atoms with Crippen molar-refractivity contribution in [3.63, 3.8) is 0 Å². The molecule has 19 heavy (non-hydrogen) atoms. The molecule has 0 aliphatic heterocycles. The number of hydrogen-bond donors (Lipinski definition) is 1. The lowest BCUT2D eigenvalue weighted by molar-refractivity contribution is -0.131. The van der Waals surface area contributed by atoms with Crippen LogP contribution in [0.2, 0.25) is 0 Å². The minimum absolute atomic E-state index is 0.0517. The van der Waals surface area contributed by atoms with Crippen molar-refractivity contribution in [2.75, 3.05) is 19.7 Å². The van der Waals surface area contributed by atoms with Gasteiger partial charge < -0.3 is 14.5 Å². The molecule has 106 valence electrons. The van der Waals surface area contributed by atoms with E-state index in [2.05, 4.69) is 16.7 Å². The minimum Gasteiger partial charge on any atom is -0.395 e. The van der Waals surface area contributed by atoms with Gasteiger partial charge in [0.2, 0.25) is 11.8 Å². The second kappa shape index (κ2) is 8.42. The third-order valence-electron chi connectivity index (χ3n) is 2.61. The Balaban J connectivity index is 2.44. The van der Waals surface area contributed by atoms with Gasteiger partial charge in [0.1, 0.15) is 0 Å². The zero-order valence-electron chi connectivity index (χ0n) is 11.3. The predicted molar refractivity (Wildman–Crippen MR) is 70.5 cm³/mol. The predicted octanol–water partition coefficient (Wildman–Crippen LogP) is 0.962. The number of aliphatic hydroxyl groups excluding tert-OH is 1. The van der Waals surface area contributed by atoms with E-state index < -0.39 is 0 Å². The van der Waals surface area contributed by atoms with Crippen molar-refractivity contribution in [1.82, 2.24) is 15.0 Å². The van der Waals surface area contributed by atoms with Crippen LogP contribution in [0, 0.1) is 0 Å². The smallest absolute Gasteiger partial charge is 0.227 e. The Labute approximate surface area is 113 Å². The molecule has 0 saturated carbocycles. The molecular weight excluding hydrogens is 246 g/mol. The zero-order chi connectivity index (χ0) is 14.1. The van der Waals surface area contributed by atoms with Crippen molar-refractivity contribution in [3.05, 3.63) is 24.4 Å². The summed E-state index contributed by atoms with van der Waals surface area (Å²) in [5.74, 6) is 1.12. The van der Waals surface area contributed by atoms with E-state index in [0.29, 0.717) is 37.6 Å². The van der Waals surface area contributed by atoms with Crippen LogP contribution in [0.15, 0.2) is 17.2 Å². The van der Waals surface area contributed by atoms with Gasteiger partial charge in [-0.1, -0.05) is 18.2 Å². The molecule has 1 aromatic rings. The molecule has 0 radical (unpaired) electrons. The molecule has 1 heterocycles. The highest BCUT2D eigenvalue weighted by atomic mass is 16.5. The Morgan fingerprint density at radius 1 is 1.53 bits per heavy atom. The molecule has 0 saturated heterocycles. The normalized spacial score (nSPS) is 10.4.